The number of nitrogens with one attached hydrogen (secondary N) is 1. The fraction of sp³-hybridized carbons (Fsp3) is 0.0500. The van der Waals surface area contributed by atoms with E-state index < -0.39 is 5.91 Å². The number of aromatic nitrogens is 1. The van der Waals surface area contributed by atoms with Gasteiger partial charge in [0.05, 0.1) is 11.2 Å². The molecule has 1 aromatic heterocycles. The lowest BCUT2D eigenvalue weighted by molar-refractivity contribution is -0.112. The van der Waals surface area contributed by atoms with E-state index in [2.05, 4.69) is 10.3 Å². The molecule has 5 nitrogen and oxygen atoms in total. The lowest BCUT2D eigenvalue weighted by Crippen LogP contribution is -2.13. The Morgan fingerprint density at radius 1 is 1.21 bits per heavy atom. The fourth-order valence-electron chi connectivity index (χ4n) is 2.27. The summed E-state index contributed by atoms with van der Waals surface area (Å²) in [7, 11) is 0. The summed E-state index contributed by atoms with van der Waals surface area (Å²) in [5.74, 6) is 0.117. The summed E-state index contributed by atoms with van der Waals surface area (Å²) < 4.78 is 5.64. The molecule has 0 atom stereocenters. The molecule has 2 aromatic carbocycles. The number of amides is 1. The molecule has 0 fully saturated rings. The second kappa shape index (κ2) is 9.38. The van der Waals surface area contributed by atoms with Gasteiger partial charge in [0.25, 0.3) is 5.91 Å². The molecule has 0 spiro atoms. The molecular formula is C20H13Cl2N3O2S. The number of halogens is 2. The zero-order chi connectivity index (χ0) is 19.9. The minimum absolute atomic E-state index is 0.0489. The van der Waals surface area contributed by atoms with Gasteiger partial charge < -0.3 is 10.1 Å². The van der Waals surface area contributed by atoms with Crippen LogP contribution >= 0.6 is 34.5 Å². The van der Waals surface area contributed by atoms with E-state index >= 15 is 0 Å². The first kappa shape index (κ1) is 19.9. The quantitative estimate of drug-likeness (QED) is 0.410. The zero-order valence-electron chi connectivity index (χ0n) is 14.4. The molecule has 0 bridgehead atoms. The Bertz CT molecular complexity index is 1020. The van der Waals surface area contributed by atoms with Crippen LogP contribution in [0.1, 0.15) is 11.3 Å². The van der Waals surface area contributed by atoms with Gasteiger partial charge in [-0.3, -0.25) is 4.79 Å². The Kier molecular flexibility index (Phi) is 6.66. The second-order valence-electron chi connectivity index (χ2n) is 5.62. The van der Waals surface area contributed by atoms with Gasteiger partial charge in [-0.05, 0) is 42.0 Å². The normalized spacial score (nSPS) is 11.0. The number of anilines is 1. The molecule has 140 valence electrons. The van der Waals surface area contributed by atoms with Crippen LogP contribution in [0.4, 0.5) is 5.69 Å². The molecular weight excluding hydrogens is 417 g/mol. The number of carbonyl (C=O) groups excluding carboxylic acids is 1. The first-order chi connectivity index (χ1) is 13.5. The predicted octanol–water partition coefficient (Wildman–Crippen LogP) is 5.57. The SMILES string of the molecule is N#C/C(=C\c1ccc(OCc2cscn2)cc1)C(=O)Nc1cc(Cl)cc(Cl)c1. The number of benzene rings is 2. The van der Waals surface area contributed by atoms with Crippen LogP contribution in [0.5, 0.6) is 5.75 Å². The van der Waals surface area contributed by atoms with Crippen LogP contribution in [0.15, 0.2) is 58.9 Å². The van der Waals surface area contributed by atoms with Crippen molar-refractivity contribution < 1.29 is 9.53 Å². The van der Waals surface area contributed by atoms with Crippen LogP contribution in [0, 0.1) is 11.3 Å². The lowest BCUT2D eigenvalue weighted by Gasteiger charge is -2.06. The van der Waals surface area contributed by atoms with Crippen molar-refractivity contribution in [3.05, 3.63) is 80.2 Å². The summed E-state index contributed by atoms with van der Waals surface area (Å²) in [6, 6.07) is 13.6. The number of ether oxygens (including phenoxy) is 1. The molecule has 0 saturated heterocycles. The van der Waals surface area contributed by atoms with Gasteiger partial charge in [0.2, 0.25) is 0 Å². The summed E-state index contributed by atoms with van der Waals surface area (Å²) in [5.41, 5.74) is 3.66. The molecule has 0 radical (unpaired) electrons. The first-order valence-corrected chi connectivity index (χ1v) is 9.72. The minimum Gasteiger partial charge on any atom is -0.487 e. The molecule has 0 unspecified atom stereocenters. The number of hydrogen-bond donors (Lipinski definition) is 1. The average molecular weight is 430 g/mol. The average Bonchev–Trinajstić information content (AvgIpc) is 3.18. The molecule has 0 aliphatic rings. The summed E-state index contributed by atoms with van der Waals surface area (Å²) in [5, 5.41) is 14.6. The third-order valence-electron chi connectivity index (χ3n) is 3.55. The first-order valence-electron chi connectivity index (χ1n) is 8.02. The van der Waals surface area contributed by atoms with E-state index in [-0.39, 0.29) is 5.57 Å². The largest absolute Gasteiger partial charge is 0.487 e. The van der Waals surface area contributed by atoms with E-state index in [0.717, 1.165) is 5.69 Å². The van der Waals surface area contributed by atoms with E-state index in [1.807, 2.05) is 11.4 Å². The molecule has 1 heterocycles. The van der Waals surface area contributed by atoms with Gasteiger partial charge in [-0.1, -0.05) is 35.3 Å². The lowest BCUT2D eigenvalue weighted by atomic mass is 10.1. The molecule has 1 N–H and O–H groups in total. The smallest absolute Gasteiger partial charge is 0.266 e. The van der Waals surface area contributed by atoms with Gasteiger partial charge in [-0.25, -0.2) is 4.98 Å². The van der Waals surface area contributed by atoms with Gasteiger partial charge in [-0.15, -0.1) is 11.3 Å². The topological polar surface area (TPSA) is 75.0 Å². The van der Waals surface area contributed by atoms with Crippen molar-refractivity contribution in [2.24, 2.45) is 0 Å². The van der Waals surface area contributed by atoms with Crippen LogP contribution in [0.2, 0.25) is 10.0 Å². The van der Waals surface area contributed by atoms with E-state index in [9.17, 15) is 10.1 Å². The van der Waals surface area contributed by atoms with E-state index in [1.54, 1.807) is 48.0 Å². The van der Waals surface area contributed by atoms with Gasteiger partial charge >= 0.3 is 0 Å². The predicted molar refractivity (Wildman–Crippen MR) is 112 cm³/mol. The Morgan fingerprint density at radius 3 is 2.54 bits per heavy atom. The van der Waals surface area contributed by atoms with Crippen LogP contribution in [-0.2, 0) is 11.4 Å². The fourth-order valence-corrected chi connectivity index (χ4v) is 3.34. The van der Waals surface area contributed by atoms with Crippen molar-refractivity contribution in [2.45, 2.75) is 6.61 Å². The molecule has 1 amide bonds. The van der Waals surface area contributed by atoms with E-state index in [1.165, 1.54) is 17.4 Å². The molecule has 0 aliphatic heterocycles. The highest BCUT2D eigenvalue weighted by molar-refractivity contribution is 7.07. The summed E-state index contributed by atoms with van der Waals surface area (Å²) >= 11 is 13.3. The third-order valence-corrected chi connectivity index (χ3v) is 4.62. The molecule has 8 heteroatoms. The standard InChI is InChI=1S/C20H13Cl2N3O2S/c21-15-6-16(22)8-17(7-15)25-20(26)14(9-23)5-13-1-3-19(4-2-13)27-10-18-11-28-12-24-18/h1-8,11-12H,10H2,(H,25,26)/b14-5+. The highest BCUT2D eigenvalue weighted by atomic mass is 35.5. The van der Waals surface area contributed by atoms with E-state index in [4.69, 9.17) is 27.9 Å². The number of carbonyl (C=O) groups is 1. The number of nitriles is 1. The van der Waals surface area contributed by atoms with Gasteiger partial charge in [0.1, 0.15) is 24.0 Å². The number of hydrogen-bond acceptors (Lipinski definition) is 5. The Hall–Kier alpha value is -2.85. The Balaban J connectivity index is 1.67. The van der Waals surface area contributed by atoms with E-state index in [0.29, 0.717) is 33.7 Å². The summed E-state index contributed by atoms with van der Waals surface area (Å²) in [4.78, 5) is 16.5. The number of thiazole rings is 1. The Morgan fingerprint density at radius 2 is 1.93 bits per heavy atom. The maximum atomic E-state index is 12.4. The zero-order valence-corrected chi connectivity index (χ0v) is 16.7. The van der Waals surface area contributed by atoms with Crippen LogP contribution < -0.4 is 10.1 Å². The van der Waals surface area contributed by atoms with Gasteiger partial charge in [0, 0.05) is 21.1 Å². The van der Waals surface area contributed by atoms with Crippen molar-refractivity contribution in [3.8, 4) is 11.8 Å². The monoisotopic (exact) mass is 429 g/mol. The highest BCUT2D eigenvalue weighted by Gasteiger charge is 2.10. The molecule has 3 rings (SSSR count). The van der Waals surface area contributed by atoms with Crippen molar-refractivity contribution in [3.63, 3.8) is 0 Å². The molecule has 0 saturated carbocycles. The van der Waals surface area contributed by atoms with Crippen molar-refractivity contribution >= 4 is 52.2 Å². The minimum atomic E-state index is -0.551. The van der Waals surface area contributed by atoms with Gasteiger partial charge in [-0.2, -0.15) is 5.26 Å². The maximum absolute atomic E-state index is 12.4. The number of rotatable bonds is 6. The highest BCUT2D eigenvalue weighted by Crippen LogP contribution is 2.23. The van der Waals surface area contributed by atoms with Gasteiger partial charge in [0.15, 0.2) is 0 Å². The third kappa shape index (κ3) is 5.57. The van der Waals surface area contributed by atoms with Crippen LogP contribution in [0.3, 0.4) is 0 Å². The molecule has 3 aromatic rings. The van der Waals surface area contributed by atoms with Crippen LogP contribution in [0.25, 0.3) is 6.08 Å². The maximum Gasteiger partial charge on any atom is 0.266 e. The van der Waals surface area contributed by atoms with Crippen molar-refractivity contribution in [2.75, 3.05) is 5.32 Å². The Labute approximate surface area is 175 Å². The van der Waals surface area contributed by atoms with Crippen molar-refractivity contribution in [1.82, 2.24) is 4.98 Å². The second-order valence-corrected chi connectivity index (χ2v) is 7.21. The molecule has 28 heavy (non-hydrogen) atoms. The summed E-state index contributed by atoms with van der Waals surface area (Å²) in [6.07, 6.45) is 1.49. The molecule has 0 aliphatic carbocycles. The van der Waals surface area contributed by atoms with Crippen LogP contribution in [-0.4, -0.2) is 10.9 Å². The van der Waals surface area contributed by atoms with Crippen molar-refractivity contribution in [1.29, 1.82) is 5.26 Å². The summed E-state index contributed by atoms with van der Waals surface area (Å²) in [6.45, 7) is 0.382. The number of nitrogens with zero attached hydrogens (tertiary/aromatic N) is 2.